The van der Waals surface area contributed by atoms with E-state index in [0.717, 1.165) is 24.5 Å². The van der Waals surface area contributed by atoms with E-state index in [-0.39, 0.29) is 18.4 Å². The van der Waals surface area contributed by atoms with E-state index in [2.05, 4.69) is 18.7 Å². The maximum atomic E-state index is 6.07. The summed E-state index contributed by atoms with van der Waals surface area (Å²) in [6.45, 7) is 6.57. The molecule has 1 rings (SSSR count). The van der Waals surface area contributed by atoms with Crippen LogP contribution in [0.15, 0.2) is 0 Å². The molecule has 14 heavy (non-hydrogen) atoms. The molecule has 0 spiro atoms. The van der Waals surface area contributed by atoms with Crippen molar-refractivity contribution in [3.8, 4) is 0 Å². The third kappa shape index (κ3) is 3.37. The molecule has 0 radical (unpaired) electrons. The minimum atomic E-state index is 0. The molecular weight excluding hydrogens is 216 g/mol. The van der Waals surface area contributed by atoms with Crippen LogP contribution in [0.2, 0.25) is 0 Å². The van der Waals surface area contributed by atoms with Crippen LogP contribution >= 0.6 is 24.6 Å². The maximum absolute atomic E-state index is 6.07. The molecule has 1 saturated heterocycles. The number of hydrogen-bond donors (Lipinski definition) is 1. The number of hydrogen-bond acceptors (Lipinski definition) is 2. The van der Waals surface area contributed by atoms with Crippen LogP contribution < -0.4 is 5.73 Å². The van der Waals surface area contributed by atoms with Gasteiger partial charge >= 0.3 is 0 Å². The van der Waals surface area contributed by atoms with Crippen molar-refractivity contribution in [2.24, 2.45) is 11.7 Å². The summed E-state index contributed by atoms with van der Waals surface area (Å²) in [5, 5.41) is 0. The molecule has 4 heteroatoms. The highest BCUT2D eigenvalue weighted by Crippen LogP contribution is 2.14. The van der Waals surface area contributed by atoms with E-state index in [1.54, 1.807) is 0 Å². The van der Waals surface area contributed by atoms with Gasteiger partial charge in [-0.05, 0) is 18.8 Å². The Kier molecular flexibility index (Phi) is 6.66. The van der Waals surface area contributed by atoms with Gasteiger partial charge in [-0.1, -0.05) is 32.5 Å². The van der Waals surface area contributed by atoms with Gasteiger partial charge in [0.25, 0.3) is 0 Å². The largest absolute Gasteiger partial charge is 0.365 e. The van der Waals surface area contributed by atoms with Crippen LogP contribution in [0.5, 0.6) is 0 Å². The van der Waals surface area contributed by atoms with Crippen LogP contribution in [0.25, 0.3) is 0 Å². The predicted molar refractivity (Wildman–Crippen MR) is 68.1 cm³/mol. The summed E-state index contributed by atoms with van der Waals surface area (Å²) < 4.78 is 0. The highest BCUT2D eigenvalue weighted by Gasteiger charge is 2.22. The standard InChI is InChI=1S/C10H20N2S.ClH/c1-3-8(2)9(11)10(13)12-6-4-5-7-12;/h8-9H,3-7,11H2,1-2H3;1H/t8-,9-;/m0./s1. The van der Waals surface area contributed by atoms with Gasteiger partial charge in [0.1, 0.15) is 0 Å². The molecule has 0 aromatic rings. The molecule has 1 fully saturated rings. The van der Waals surface area contributed by atoms with Crippen LogP contribution in [-0.4, -0.2) is 29.0 Å². The average Bonchev–Trinajstić information content (AvgIpc) is 2.67. The first-order valence-corrected chi connectivity index (χ1v) is 5.62. The van der Waals surface area contributed by atoms with Gasteiger partial charge in [0.2, 0.25) is 0 Å². The lowest BCUT2D eigenvalue weighted by atomic mass is 10.00. The minimum Gasteiger partial charge on any atom is -0.365 e. The molecule has 2 N–H and O–H groups in total. The zero-order chi connectivity index (χ0) is 9.84. The summed E-state index contributed by atoms with van der Waals surface area (Å²) in [6, 6.07) is 0.0816. The first-order chi connectivity index (χ1) is 6.16. The Morgan fingerprint density at radius 1 is 1.43 bits per heavy atom. The average molecular weight is 237 g/mol. The molecule has 1 aliphatic heterocycles. The first-order valence-electron chi connectivity index (χ1n) is 5.21. The van der Waals surface area contributed by atoms with Crippen LogP contribution in [-0.2, 0) is 0 Å². The van der Waals surface area contributed by atoms with Crippen LogP contribution in [0.3, 0.4) is 0 Å². The predicted octanol–water partition coefficient (Wildman–Crippen LogP) is 2.20. The Morgan fingerprint density at radius 3 is 2.36 bits per heavy atom. The van der Waals surface area contributed by atoms with E-state index in [4.69, 9.17) is 18.0 Å². The van der Waals surface area contributed by atoms with Crippen molar-refractivity contribution < 1.29 is 0 Å². The molecule has 0 aromatic carbocycles. The lowest BCUT2D eigenvalue weighted by molar-refractivity contribution is 0.453. The molecule has 0 aromatic heterocycles. The Labute approximate surface area is 98.6 Å². The quantitative estimate of drug-likeness (QED) is 0.762. The van der Waals surface area contributed by atoms with Gasteiger partial charge in [0.15, 0.2) is 0 Å². The Hall–Kier alpha value is 0.140. The van der Waals surface area contributed by atoms with E-state index in [0.29, 0.717) is 5.92 Å². The van der Waals surface area contributed by atoms with Crippen LogP contribution in [0, 0.1) is 5.92 Å². The molecule has 84 valence electrons. The van der Waals surface area contributed by atoms with E-state index < -0.39 is 0 Å². The third-order valence-corrected chi connectivity index (χ3v) is 3.49. The van der Waals surface area contributed by atoms with Crippen molar-refractivity contribution in [3.05, 3.63) is 0 Å². The van der Waals surface area contributed by atoms with E-state index in [9.17, 15) is 0 Å². The molecule has 1 aliphatic rings. The second-order valence-electron chi connectivity index (χ2n) is 3.94. The minimum absolute atomic E-state index is 0. The lowest BCUT2D eigenvalue weighted by Gasteiger charge is -2.26. The lowest BCUT2D eigenvalue weighted by Crippen LogP contribution is -2.44. The summed E-state index contributed by atoms with van der Waals surface area (Å²) >= 11 is 5.38. The van der Waals surface area contributed by atoms with Gasteiger partial charge in [-0.2, -0.15) is 0 Å². The van der Waals surface area contributed by atoms with Gasteiger partial charge in [-0.15, -0.1) is 12.4 Å². The van der Waals surface area contributed by atoms with E-state index >= 15 is 0 Å². The second kappa shape index (κ2) is 6.59. The third-order valence-electron chi connectivity index (χ3n) is 2.96. The Balaban J connectivity index is 0.00000169. The molecule has 0 saturated carbocycles. The highest BCUT2D eigenvalue weighted by atomic mass is 35.5. The number of nitrogens with two attached hydrogens (primary N) is 1. The van der Waals surface area contributed by atoms with Crippen LogP contribution in [0.1, 0.15) is 33.1 Å². The highest BCUT2D eigenvalue weighted by molar-refractivity contribution is 7.80. The zero-order valence-corrected chi connectivity index (χ0v) is 10.7. The SMILES string of the molecule is CC[C@H](C)[C@H](N)C(=S)N1CCCC1.Cl. The monoisotopic (exact) mass is 236 g/mol. The Bertz CT molecular complexity index is 181. The molecule has 0 bridgehead atoms. The Morgan fingerprint density at radius 2 is 1.93 bits per heavy atom. The normalized spacial score (nSPS) is 20.1. The summed E-state index contributed by atoms with van der Waals surface area (Å²) in [5.74, 6) is 0.507. The van der Waals surface area contributed by atoms with Crippen molar-refractivity contribution in [2.75, 3.05) is 13.1 Å². The molecule has 1 heterocycles. The molecule has 0 unspecified atom stereocenters. The zero-order valence-electron chi connectivity index (χ0n) is 9.03. The number of likely N-dealkylation sites (tertiary alicyclic amines) is 1. The van der Waals surface area contributed by atoms with Crippen LogP contribution in [0.4, 0.5) is 0 Å². The number of thiocarbonyl (C=S) groups is 1. The summed E-state index contributed by atoms with van der Waals surface area (Å²) in [7, 11) is 0. The molecule has 0 aliphatic carbocycles. The van der Waals surface area contributed by atoms with E-state index in [1.165, 1.54) is 12.8 Å². The maximum Gasteiger partial charge on any atom is 0.0952 e. The van der Waals surface area contributed by atoms with Crippen molar-refractivity contribution in [1.82, 2.24) is 4.90 Å². The van der Waals surface area contributed by atoms with Gasteiger partial charge < -0.3 is 10.6 Å². The van der Waals surface area contributed by atoms with Gasteiger partial charge in [-0.25, -0.2) is 0 Å². The molecule has 0 amide bonds. The van der Waals surface area contributed by atoms with Gasteiger partial charge in [-0.3, -0.25) is 0 Å². The fraction of sp³-hybridized carbons (Fsp3) is 0.900. The number of rotatable bonds is 3. The van der Waals surface area contributed by atoms with Crippen molar-refractivity contribution in [1.29, 1.82) is 0 Å². The topological polar surface area (TPSA) is 29.3 Å². The molecular formula is C10H21ClN2S. The number of nitrogens with zero attached hydrogens (tertiary/aromatic N) is 1. The molecule has 2 nitrogen and oxygen atoms in total. The number of halogens is 1. The van der Waals surface area contributed by atoms with Crippen molar-refractivity contribution >= 4 is 29.6 Å². The first kappa shape index (κ1) is 14.1. The van der Waals surface area contributed by atoms with E-state index in [1.807, 2.05) is 0 Å². The summed E-state index contributed by atoms with van der Waals surface area (Å²) in [5.41, 5.74) is 6.07. The van der Waals surface area contributed by atoms with Crippen molar-refractivity contribution in [2.45, 2.75) is 39.2 Å². The summed E-state index contributed by atoms with van der Waals surface area (Å²) in [6.07, 6.45) is 3.65. The van der Waals surface area contributed by atoms with Gasteiger partial charge in [0, 0.05) is 13.1 Å². The fourth-order valence-corrected chi connectivity index (χ4v) is 2.06. The fourth-order valence-electron chi connectivity index (χ4n) is 1.65. The second-order valence-corrected chi connectivity index (χ2v) is 4.36. The molecule has 2 atom stereocenters. The summed E-state index contributed by atoms with van der Waals surface area (Å²) in [4.78, 5) is 3.25. The van der Waals surface area contributed by atoms with Crippen molar-refractivity contribution in [3.63, 3.8) is 0 Å². The smallest absolute Gasteiger partial charge is 0.0952 e. The van der Waals surface area contributed by atoms with Gasteiger partial charge in [0.05, 0.1) is 11.0 Å².